The van der Waals surface area contributed by atoms with Crippen LogP contribution in [0.4, 0.5) is 11.4 Å². The molecular weight excluding hydrogens is 276 g/mol. The summed E-state index contributed by atoms with van der Waals surface area (Å²) in [6.45, 7) is 0. The first-order chi connectivity index (χ1) is 10.7. The fourth-order valence-electron chi connectivity index (χ4n) is 3.42. The fourth-order valence-corrected chi connectivity index (χ4v) is 3.42. The lowest BCUT2D eigenvalue weighted by Crippen LogP contribution is -1.93. The standard InChI is InChI=1S/C9H9NO2.C9H11N/c11-10(12)9-6-2-4-7-3-1-5-8(7)9;10-9-6-2-4-7-3-1-5-8(7)9/h2,4,6H,1,3,5H2;2,4,6H,1,3,5,10H2. The Balaban J connectivity index is 0.000000133. The maximum absolute atomic E-state index is 10.6. The Morgan fingerprint density at radius 1 is 0.864 bits per heavy atom. The van der Waals surface area contributed by atoms with Crippen molar-refractivity contribution < 1.29 is 4.92 Å². The summed E-state index contributed by atoms with van der Waals surface area (Å²) >= 11 is 0. The number of nitro groups is 1. The minimum absolute atomic E-state index is 0.288. The molecule has 0 saturated carbocycles. The van der Waals surface area contributed by atoms with Gasteiger partial charge in [0.15, 0.2) is 0 Å². The molecule has 2 N–H and O–H groups in total. The van der Waals surface area contributed by atoms with E-state index in [-0.39, 0.29) is 4.92 Å². The van der Waals surface area contributed by atoms with Crippen molar-refractivity contribution in [3.63, 3.8) is 0 Å². The molecule has 0 spiro atoms. The van der Waals surface area contributed by atoms with Gasteiger partial charge in [0.25, 0.3) is 5.69 Å². The molecule has 0 atom stereocenters. The van der Waals surface area contributed by atoms with E-state index in [4.69, 9.17) is 5.73 Å². The van der Waals surface area contributed by atoms with E-state index in [0.717, 1.165) is 36.1 Å². The largest absolute Gasteiger partial charge is 0.398 e. The van der Waals surface area contributed by atoms with Crippen molar-refractivity contribution in [1.82, 2.24) is 0 Å². The first kappa shape index (κ1) is 14.6. The molecule has 0 aromatic heterocycles. The molecule has 0 bridgehead atoms. The SMILES string of the molecule is Nc1cccc2c1CCC2.O=[N+]([O-])c1cccc2c1CCC2. The van der Waals surface area contributed by atoms with Gasteiger partial charge in [-0.05, 0) is 61.3 Å². The Labute approximate surface area is 130 Å². The Kier molecular flexibility index (Phi) is 4.09. The summed E-state index contributed by atoms with van der Waals surface area (Å²) < 4.78 is 0. The molecule has 4 heteroatoms. The Hall–Kier alpha value is -2.36. The molecule has 2 aromatic rings. The molecule has 0 saturated heterocycles. The van der Waals surface area contributed by atoms with Crippen LogP contribution in [0.25, 0.3) is 0 Å². The van der Waals surface area contributed by atoms with Crippen molar-refractivity contribution in [3.05, 3.63) is 68.8 Å². The highest BCUT2D eigenvalue weighted by Crippen LogP contribution is 2.29. The number of fused-ring (bicyclic) bond motifs is 2. The summed E-state index contributed by atoms with van der Waals surface area (Å²) in [5.74, 6) is 0. The van der Waals surface area contributed by atoms with Crippen LogP contribution in [0.1, 0.15) is 35.1 Å². The van der Waals surface area contributed by atoms with Gasteiger partial charge in [0, 0.05) is 17.3 Å². The lowest BCUT2D eigenvalue weighted by Gasteiger charge is -2.00. The molecule has 2 aromatic carbocycles. The molecule has 22 heavy (non-hydrogen) atoms. The highest BCUT2D eigenvalue weighted by Gasteiger charge is 2.20. The monoisotopic (exact) mass is 296 g/mol. The maximum atomic E-state index is 10.6. The third kappa shape index (κ3) is 2.82. The van der Waals surface area contributed by atoms with Crippen molar-refractivity contribution in [2.45, 2.75) is 38.5 Å². The number of nitrogen functional groups attached to an aromatic ring is 1. The number of hydrogen-bond donors (Lipinski definition) is 1. The second-order valence-electron chi connectivity index (χ2n) is 5.86. The molecule has 0 radical (unpaired) electrons. The van der Waals surface area contributed by atoms with Gasteiger partial charge in [0.1, 0.15) is 0 Å². The van der Waals surface area contributed by atoms with Gasteiger partial charge in [-0.15, -0.1) is 0 Å². The second kappa shape index (κ2) is 6.18. The Morgan fingerprint density at radius 3 is 2.09 bits per heavy atom. The highest BCUT2D eigenvalue weighted by atomic mass is 16.6. The number of rotatable bonds is 1. The van der Waals surface area contributed by atoms with Crippen molar-refractivity contribution in [3.8, 4) is 0 Å². The summed E-state index contributed by atoms with van der Waals surface area (Å²) in [5, 5.41) is 10.6. The smallest absolute Gasteiger partial charge is 0.272 e. The lowest BCUT2D eigenvalue weighted by atomic mass is 10.1. The molecule has 0 amide bonds. The molecule has 0 aliphatic heterocycles. The van der Waals surface area contributed by atoms with Crippen LogP contribution in [-0.2, 0) is 25.7 Å². The van der Waals surface area contributed by atoms with E-state index in [1.165, 1.54) is 30.4 Å². The number of hydrogen-bond acceptors (Lipinski definition) is 3. The zero-order chi connectivity index (χ0) is 15.5. The summed E-state index contributed by atoms with van der Waals surface area (Å²) in [5.41, 5.74) is 12.0. The predicted molar refractivity (Wildman–Crippen MR) is 88.0 cm³/mol. The van der Waals surface area contributed by atoms with Crippen LogP contribution in [0, 0.1) is 10.1 Å². The molecule has 0 heterocycles. The summed E-state index contributed by atoms with van der Waals surface area (Å²) in [4.78, 5) is 10.3. The number of benzene rings is 2. The molecule has 0 unspecified atom stereocenters. The topological polar surface area (TPSA) is 69.2 Å². The molecular formula is C18H20N2O2. The number of anilines is 1. The van der Waals surface area contributed by atoms with Crippen LogP contribution in [-0.4, -0.2) is 4.92 Å². The van der Waals surface area contributed by atoms with E-state index in [9.17, 15) is 10.1 Å². The van der Waals surface area contributed by atoms with Crippen LogP contribution < -0.4 is 5.73 Å². The molecule has 2 aliphatic rings. The zero-order valence-electron chi connectivity index (χ0n) is 12.5. The van der Waals surface area contributed by atoms with Gasteiger partial charge in [-0.1, -0.05) is 24.3 Å². The van der Waals surface area contributed by atoms with E-state index in [2.05, 4.69) is 6.07 Å². The number of aryl methyl sites for hydroxylation is 2. The van der Waals surface area contributed by atoms with Gasteiger partial charge in [-0.3, -0.25) is 10.1 Å². The van der Waals surface area contributed by atoms with E-state index in [0.29, 0.717) is 5.69 Å². The van der Waals surface area contributed by atoms with Gasteiger partial charge >= 0.3 is 0 Å². The highest BCUT2D eigenvalue weighted by molar-refractivity contribution is 5.52. The summed E-state index contributed by atoms with van der Waals surface area (Å²) in [6, 6.07) is 11.5. The number of nitrogens with zero attached hydrogens (tertiary/aromatic N) is 1. The lowest BCUT2D eigenvalue weighted by molar-refractivity contribution is -0.385. The Bertz CT molecular complexity index is 710. The molecule has 4 rings (SSSR count). The second-order valence-corrected chi connectivity index (χ2v) is 5.86. The van der Waals surface area contributed by atoms with Gasteiger partial charge in [0.05, 0.1) is 4.92 Å². The van der Waals surface area contributed by atoms with E-state index >= 15 is 0 Å². The van der Waals surface area contributed by atoms with Gasteiger partial charge in [-0.25, -0.2) is 0 Å². The Morgan fingerprint density at radius 2 is 1.45 bits per heavy atom. The molecule has 2 aliphatic carbocycles. The van der Waals surface area contributed by atoms with E-state index in [1.807, 2.05) is 18.2 Å². The van der Waals surface area contributed by atoms with Crippen LogP contribution in [0.15, 0.2) is 36.4 Å². The minimum Gasteiger partial charge on any atom is -0.398 e. The third-order valence-electron chi connectivity index (χ3n) is 4.50. The average Bonchev–Trinajstić information content (AvgIpc) is 3.16. The average molecular weight is 296 g/mol. The van der Waals surface area contributed by atoms with Crippen molar-refractivity contribution in [1.29, 1.82) is 0 Å². The molecule has 0 fully saturated rings. The van der Waals surface area contributed by atoms with Crippen molar-refractivity contribution in [2.24, 2.45) is 0 Å². The van der Waals surface area contributed by atoms with E-state index < -0.39 is 0 Å². The van der Waals surface area contributed by atoms with Crippen LogP contribution >= 0.6 is 0 Å². The summed E-state index contributed by atoms with van der Waals surface area (Å²) in [7, 11) is 0. The van der Waals surface area contributed by atoms with Crippen LogP contribution in [0.2, 0.25) is 0 Å². The molecule has 4 nitrogen and oxygen atoms in total. The normalized spacial score (nSPS) is 14.7. The zero-order valence-corrected chi connectivity index (χ0v) is 12.5. The van der Waals surface area contributed by atoms with E-state index in [1.54, 1.807) is 12.1 Å². The summed E-state index contributed by atoms with van der Waals surface area (Å²) in [6.07, 6.45) is 6.61. The third-order valence-corrected chi connectivity index (χ3v) is 4.50. The van der Waals surface area contributed by atoms with Crippen molar-refractivity contribution in [2.75, 3.05) is 5.73 Å². The minimum atomic E-state index is -0.288. The first-order valence-electron chi connectivity index (χ1n) is 7.78. The number of nitro benzene ring substituents is 1. The van der Waals surface area contributed by atoms with Gasteiger partial charge < -0.3 is 5.73 Å². The first-order valence-corrected chi connectivity index (χ1v) is 7.78. The fraction of sp³-hybridized carbons (Fsp3) is 0.333. The maximum Gasteiger partial charge on any atom is 0.272 e. The van der Waals surface area contributed by atoms with Gasteiger partial charge in [-0.2, -0.15) is 0 Å². The predicted octanol–water partition coefficient (Wildman–Crippen LogP) is 3.84. The van der Waals surface area contributed by atoms with Crippen LogP contribution in [0.5, 0.6) is 0 Å². The molecule has 114 valence electrons. The number of nitrogens with two attached hydrogens (primary N) is 1. The van der Waals surface area contributed by atoms with Crippen molar-refractivity contribution >= 4 is 11.4 Å². The quantitative estimate of drug-likeness (QED) is 0.494. The van der Waals surface area contributed by atoms with Crippen LogP contribution in [0.3, 0.4) is 0 Å². The van der Waals surface area contributed by atoms with Gasteiger partial charge in [0.2, 0.25) is 0 Å².